The van der Waals surface area contributed by atoms with Crippen LogP contribution in [0.2, 0.25) is 4.34 Å². The van der Waals surface area contributed by atoms with Crippen molar-refractivity contribution in [1.82, 2.24) is 15.1 Å². The van der Waals surface area contributed by atoms with E-state index in [4.69, 9.17) is 22.1 Å². The van der Waals surface area contributed by atoms with Gasteiger partial charge >= 0.3 is 0 Å². The number of thiophene rings is 1. The van der Waals surface area contributed by atoms with Gasteiger partial charge in [-0.1, -0.05) is 17.7 Å². The molecule has 2 unspecified atom stereocenters. The minimum absolute atomic E-state index is 0.0153. The zero-order chi connectivity index (χ0) is 22.7. The molecule has 5 rings (SSSR count). The third kappa shape index (κ3) is 3.61. The van der Waals surface area contributed by atoms with Gasteiger partial charge in [0.25, 0.3) is 5.92 Å². The highest BCUT2D eigenvalue weighted by atomic mass is 35.5. The van der Waals surface area contributed by atoms with Gasteiger partial charge in [-0.05, 0) is 56.5 Å². The molecule has 2 aliphatic rings. The van der Waals surface area contributed by atoms with Crippen molar-refractivity contribution in [3.8, 4) is 5.69 Å². The van der Waals surface area contributed by atoms with Crippen molar-refractivity contribution >= 4 is 28.6 Å². The summed E-state index contributed by atoms with van der Waals surface area (Å²) < 4.78 is 50.8. The highest BCUT2D eigenvalue weighted by molar-refractivity contribution is 7.16. The van der Waals surface area contributed by atoms with E-state index < -0.39 is 23.9 Å². The van der Waals surface area contributed by atoms with E-state index in [0.29, 0.717) is 40.7 Å². The van der Waals surface area contributed by atoms with Crippen LogP contribution in [0, 0.1) is 12.7 Å². The molecule has 2 atom stereocenters. The van der Waals surface area contributed by atoms with Crippen molar-refractivity contribution in [2.45, 2.75) is 43.8 Å². The predicted octanol–water partition coefficient (Wildman–Crippen LogP) is 4.93. The summed E-state index contributed by atoms with van der Waals surface area (Å²) in [4.78, 5) is 0.525. The number of hydrogen-bond donors (Lipinski definition) is 2. The number of nitrogens with zero attached hydrogens (tertiary/aromatic N) is 2. The van der Waals surface area contributed by atoms with E-state index in [1.165, 1.54) is 28.2 Å². The van der Waals surface area contributed by atoms with Crippen LogP contribution in [-0.2, 0) is 22.7 Å². The lowest BCUT2D eigenvalue weighted by Gasteiger charge is -2.45. The molecule has 2 aromatic heterocycles. The van der Waals surface area contributed by atoms with Gasteiger partial charge in [0.05, 0.1) is 15.7 Å². The Labute approximate surface area is 192 Å². The van der Waals surface area contributed by atoms with E-state index in [0.717, 1.165) is 11.3 Å². The molecule has 3 aromatic rings. The fraction of sp³-hybridized carbons (Fsp3) is 0.409. The lowest BCUT2D eigenvalue weighted by molar-refractivity contribution is -0.178. The number of fused-ring (bicyclic) bond motifs is 2. The summed E-state index contributed by atoms with van der Waals surface area (Å²) in [5.41, 5.74) is 7.35. The summed E-state index contributed by atoms with van der Waals surface area (Å²) in [6, 6.07) is 5.86. The van der Waals surface area contributed by atoms with Crippen LogP contribution in [0.1, 0.15) is 34.5 Å². The van der Waals surface area contributed by atoms with E-state index in [9.17, 15) is 13.2 Å². The van der Waals surface area contributed by atoms with Crippen LogP contribution in [0.3, 0.4) is 0 Å². The van der Waals surface area contributed by atoms with Crippen molar-refractivity contribution in [2.75, 3.05) is 18.9 Å². The lowest BCUT2D eigenvalue weighted by Crippen LogP contribution is -2.52. The molecule has 1 fully saturated rings. The molecule has 1 spiro atoms. The highest BCUT2D eigenvalue weighted by Crippen LogP contribution is 2.52. The molecule has 10 heteroatoms. The number of nitrogens with two attached hydrogens (primary N) is 1. The molecule has 0 aliphatic carbocycles. The summed E-state index contributed by atoms with van der Waals surface area (Å²) in [5.74, 6) is -3.49. The van der Waals surface area contributed by atoms with Gasteiger partial charge in [0.1, 0.15) is 17.9 Å². The Morgan fingerprint density at radius 1 is 1.41 bits per heavy atom. The molecule has 1 aromatic carbocycles. The summed E-state index contributed by atoms with van der Waals surface area (Å²) in [6.07, 6.45) is 3.49. The van der Waals surface area contributed by atoms with Gasteiger partial charge in [-0.15, -0.1) is 11.3 Å². The van der Waals surface area contributed by atoms with Gasteiger partial charge < -0.3 is 15.8 Å². The van der Waals surface area contributed by atoms with Crippen LogP contribution < -0.4 is 11.1 Å². The second-order valence-corrected chi connectivity index (χ2v) is 10.1. The van der Waals surface area contributed by atoms with Crippen molar-refractivity contribution in [2.24, 2.45) is 0 Å². The molecule has 32 heavy (non-hydrogen) atoms. The fourth-order valence-corrected chi connectivity index (χ4v) is 6.19. The monoisotopic (exact) mass is 482 g/mol. The Morgan fingerprint density at radius 3 is 3.00 bits per heavy atom. The van der Waals surface area contributed by atoms with E-state index in [2.05, 4.69) is 10.4 Å². The first kappa shape index (κ1) is 21.8. The Bertz CT molecular complexity index is 1160. The van der Waals surface area contributed by atoms with Gasteiger partial charge in [-0.3, -0.25) is 0 Å². The minimum atomic E-state index is -3.04. The highest BCUT2D eigenvalue weighted by Gasteiger charge is 2.52. The molecular formula is C22H22ClF3N4OS. The number of aromatic nitrogens is 2. The van der Waals surface area contributed by atoms with Gasteiger partial charge in [0.15, 0.2) is 5.82 Å². The van der Waals surface area contributed by atoms with Crippen molar-refractivity contribution in [3.63, 3.8) is 0 Å². The topological polar surface area (TPSA) is 65.1 Å². The van der Waals surface area contributed by atoms with Crippen LogP contribution in [0.15, 0.2) is 30.5 Å². The van der Waals surface area contributed by atoms with Crippen LogP contribution in [0.25, 0.3) is 5.69 Å². The standard InChI is InChI=1S/C22H22ClF3N4OS/c1-12-13(10-30(29-12)19-16(24)3-2-4-17(19)27)7-14-9-21(5-6-28-14)20-15(8-18(23)32-20)22(25,26)11-31-21/h2-4,8,10,14,28H,5-7,9,11,27H2,1H3. The third-order valence-corrected chi connectivity index (χ3v) is 7.74. The molecule has 170 valence electrons. The Morgan fingerprint density at radius 2 is 2.22 bits per heavy atom. The zero-order valence-electron chi connectivity index (χ0n) is 17.3. The molecule has 3 N–H and O–H groups in total. The first-order chi connectivity index (χ1) is 15.2. The van der Waals surface area contributed by atoms with E-state index in [1.807, 2.05) is 6.92 Å². The second kappa shape index (κ2) is 7.76. The molecule has 0 amide bonds. The SMILES string of the molecule is Cc1nn(-c2c(N)cccc2F)cc1CC1CC2(CCN1)OCC(F)(F)c1cc(Cl)sc12. The number of nitrogens with one attached hydrogen (secondary N) is 1. The molecule has 5 nitrogen and oxygen atoms in total. The number of halogens is 4. The molecule has 0 radical (unpaired) electrons. The largest absolute Gasteiger partial charge is 0.397 e. The van der Waals surface area contributed by atoms with Gasteiger partial charge in [-0.25, -0.2) is 9.07 Å². The number of piperidine rings is 1. The van der Waals surface area contributed by atoms with Crippen LogP contribution in [0.5, 0.6) is 0 Å². The average molecular weight is 483 g/mol. The fourth-order valence-electron chi connectivity index (χ4n) is 4.73. The number of alkyl halides is 2. The maximum Gasteiger partial charge on any atom is 0.297 e. The van der Waals surface area contributed by atoms with Gasteiger partial charge in [0.2, 0.25) is 0 Å². The lowest BCUT2D eigenvalue weighted by atomic mass is 9.80. The van der Waals surface area contributed by atoms with Crippen LogP contribution >= 0.6 is 22.9 Å². The number of hydrogen-bond acceptors (Lipinski definition) is 5. The van der Waals surface area contributed by atoms with Crippen molar-refractivity contribution in [1.29, 1.82) is 0 Å². The van der Waals surface area contributed by atoms with Crippen molar-refractivity contribution < 1.29 is 17.9 Å². The molecule has 2 aliphatic heterocycles. The summed E-state index contributed by atoms with van der Waals surface area (Å²) in [5, 5.41) is 7.92. The van der Waals surface area contributed by atoms with Gasteiger partial charge in [0, 0.05) is 22.7 Å². The number of nitrogen functional groups attached to an aromatic ring is 1. The Kier molecular flexibility index (Phi) is 5.28. The molecule has 1 saturated heterocycles. The number of rotatable bonds is 3. The average Bonchev–Trinajstić information content (AvgIpc) is 3.30. The van der Waals surface area contributed by atoms with E-state index in [1.54, 1.807) is 18.3 Å². The third-order valence-electron chi connectivity index (χ3n) is 6.29. The summed E-state index contributed by atoms with van der Waals surface area (Å²) in [7, 11) is 0. The second-order valence-electron chi connectivity index (χ2n) is 8.45. The smallest absolute Gasteiger partial charge is 0.297 e. The number of ether oxygens (including phenoxy) is 1. The Balaban J connectivity index is 1.42. The normalized spacial score (nSPS) is 24.6. The molecule has 4 heterocycles. The summed E-state index contributed by atoms with van der Waals surface area (Å²) >= 11 is 7.29. The number of para-hydroxylation sites is 1. The van der Waals surface area contributed by atoms with Gasteiger partial charge in [-0.2, -0.15) is 13.9 Å². The van der Waals surface area contributed by atoms with Crippen LogP contribution in [0.4, 0.5) is 18.9 Å². The van der Waals surface area contributed by atoms with E-state index in [-0.39, 0.29) is 17.3 Å². The maximum atomic E-state index is 14.4. The molecule has 0 saturated carbocycles. The predicted molar refractivity (Wildman–Crippen MR) is 118 cm³/mol. The zero-order valence-corrected chi connectivity index (χ0v) is 18.9. The van der Waals surface area contributed by atoms with Crippen molar-refractivity contribution in [3.05, 3.63) is 62.3 Å². The minimum Gasteiger partial charge on any atom is -0.397 e. The van der Waals surface area contributed by atoms with E-state index >= 15 is 0 Å². The summed E-state index contributed by atoms with van der Waals surface area (Å²) in [6.45, 7) is 1.83. The molecular weight excluding hydrogens is 461 g/mol. The number of aryl methyl sites for hydroxylation is 1. The number of benzene rings is 1. The number of anilines is 1. The van der Waals surface area contributed by atoms with Crippen LogP contribution in [-0.4, -0.2) is 29.0 Å². The maximum absolute atomic E-state index is 14.4. The quantitative estimate of drug-likeness (QED) is 0.520. The first-order valence-electron chi connectivity index (χ1n) is 10.3. The molecule has 0 bridgehead atoms. The Hall–Kier alpha value is -2.07. The first-order valence-corrected chi connectivity index (χ1v) is 11.5.